The minimum Gasteiger partial charge on any atom is -0.371 e. The van der Waals surface area contributed by atoms with Gasteiger partial charge in [-0.05, 0) is 38.3 Å². The van der Waals surface area contributed by atoms with Crippen LogP contribution in [0.3, 0.4) is 0 Å². The SMILES string of the molecule is O=[N+]([O-])c1cccc(N2CCCC3(CCCNC3)C2)c1. The Hall–Kier alpha value is -1.62. The van der Waals surface area contributed by atoms with Gasteiger partial charge in [0, 0.05) is 42.9 Å². The van der Waals surface area contributed by atoms with Crippen LogP contribution < -0.4 is 10.2 Å². The van der Waals surface area contributed by atoms with Gasteiger partial charge in [-0.25, -0.2) is 0 Å². The van der Waals surface area contributed by atoms with Crippen molar-refractivity contribution in [3.63, 3.8) is 0 Å². The van der Waals surface area contributed by atoms with Crippen LogP contribution in [0.5, 0.6) is 0 Å². The van der Waals surface area contributed by atoms with Crippen LogP contribution in [0, 0.1) is 15.5 Å². The van der Waals surface area contributed by atoms with Crippen LogP contribution in [0.1, 0.15) is 25.7 Å². The zero-order valence-electron chi connectivity index (χ0n) is 11.7. The Morgan fingerprint density at radius 2 is 2.15 bits per heavy atom. The molecule has 1 aromatic rings. The molecular weight excluding hydrogens is 254 g/mol. The lowest BCUT2D eigenvalue weighted by atomic mass is 9.74. The Bertz CT molecular complexity index is 492. The predicted molar refractivity (Wildman–Crippen MR) is 79.1 cm³/mol. The molecule has 0 radical (unpaired) electrons. The molecule has 2 saturated heterocycles. The van der Waals surface area contributed by atoms with Gasteiger partial charge in [-0.3, -0.25) is 10.1 Å². The minimum atomic E-state index is -0.314. The number of nitrogens with zero attached hydrogens (tertiary/aromatic N) is 2. The molecule has 1 unspecified atom stereocenters. The normalized spacial score (nSPS) is 26.7. The first kappa shape index (κ1) is 13.4. The van der Waals surface area contributed by atoms with E-state index in [4.69, 9.17) is 0 Å². The van der Waals surface area contributed by atoms with E-state index in [1.54, 1.807) is 18.2 Å². The molecule has 0 bridgehead atoms. The lowest BCUT2D eigenvalue weighted by Gasteiger charge is -2.46. The summed E-state index contributed by atoms with van der Waals surface area (Å²) < 4.78 is 0. The number of piperidine rings is 2. The van der Waals surface area contributed by atoms with E-state index in [9.17, 15) is 10.1 Å². The Kier molecular flexibility index (Phi) is 3.61. The van der Waals surface area contributed by atoms with Gasteiger partial charge in [0.2, 0.25) is 0 Å². The highest BCUT2D eigenvalue weighted by atomic mass is 16.6. The van der Waals surface area contributed by atoms with Gasteiger partial charge in [0.25, 0.3) is 5.69 Å². The van der Waals surface area contributed by atoms with Crippen molar-refractivity contribution in [1.82, 2.24) is 5.32 Å². The highest BCUT2D eigenvalue weighted by Gasteiger charge is 2.36. The van der Waals surface area contributed by atoms with E-state index < -0.39 is 0 Å². The summed E-state index contributed by atoms with van der Waals surface area (Å²) in [4.78, 5) is 12.9. The molecule has 0 aromatic heterocycles. The van der Waals surface area contributed by atoms with Gasteiger partial charge in [-0.15, -0.1) is 0 Å². The van der Waals surface area contributed by atoms with E-state index in [0.717, 1.165) is 31.9 Å². The van der Waals surface area contributed by atoms with Crippen molar-refractivity contribution in [2.45, 2.75) is 25.7 Å². The summed E-state index contributed by atoms with van der Waals surface area (Å²) in [5.74, 6) is 0. The smallest absolute Gasteiger partial charge is 0.271 e. The first-order valence-electron chi connectivity index (χ1n) is 7.39. The quantitative estimate of drug-likeness (QED) is 0.665. The molecular formula is C15H21N3O2. The highest BCUT2D eigenvalue weighted by Crippen LogP contribution is 2.38. The molecule has 20 heavy (non-hydrogen) atoms. The molecule has 2 aliphatic heterocycles. The first-order chi connectivity index (χ1) is 9.69. The Morgan fingerprint density at radius 1 is 1.30 bits per heavy atom. The van der Waals surface area contributed by atoms with Crippen LogP contribution in [0.2, 0.25) is 0 Å². The predicted octanol–water partition coefficient (Wildman–Crippen LogP) is 2.56. The highest BCUT2D eigenvalue weighted by molar-refractivity contribution is 5.53. The number of benzene rings is 1. The minimum absolute atomic E-state index is 0.184. The van der Waals surface area contributed by atoms with Crippen LogP contribution >= 0.6 is 0 Å². The van der Waals surface area contributed by atoms with E-state index in [1.807, 2.05) is 6.07 Å². The molecule has 1 spiro atoms. The summed E-state index contributed by atoms with van der Waals surface area (Å²) >= 11 is 0. The molecule has 1 atom stereocenters. The van der Waals surface area contributed by atoms with Crippen molar-refractivity contribution in [1.29, 1.82) is 0 Å². The van der Waals surface area contributed by atoms with Crippen LogP contribution in [0.4, 0.5) is 11.4 Å². The van der Waals surface area contributed by atoms with Crippen LogP contribution in [-0.4, -0.2) is 31.1 Å². The third-order valence-corrected chi connectivity index (χ3v) is 4.63. The molecule has 1 N–H and O–H groups in total. The van der Waals surface area contributed by atoms with Crippen molar-refractivity contribution in [2.75, 3.05) is 31.1 Å². The molecule has 2 aliphatic rings. The fourth-order valence-corrected chi connectivity index (χ4v) is 3.61. The van der Waals surface area contributed by atoms with E-state index >= 15 is 0 Å². The molecule has 0 amide bonds. The Balaban J connectivity index is 1.79. The molecule has 0 saturated carbocycles. The standard InChI is InChI=1S/C15H21N3O2/c19-18(20)14-5-1-4-13(10-14)17-9-3-7-15(12-17)6-2-8-16-11-15/h1,4-5,10,16H,2-3,6-9,11-12H2. The lowest BCUT2D eigenvalue weighted by molar-refractivity contribution is -0.384. The van der Waals surface area contributed by atoms with Gasteiger partial charge in [0.05, 0.1) is 4.92 Å². The van der Waals surface area contributed by atoms with Crippen molar-refractivity contribution in [3.05, 3.63) is 34.4 Å². The fraction of sp³-hybridized carbons (Fsp3) is 0.600. The van der Waals surface area contributed by atoms with E-state index in [-0.39, 0.29) is 10.6 Å². The summed E-state index contributed by atoms with van der Waals surface area (Å²) in [6, 6.07) is 7.04. The maximum absolute atomic E-state index is 10.9. The number of anilines is 1. The molecule has 5 nitrogen and oxygen atoms in total. The molecule has 3 rings (SSSR count). The number of rotatable bonds is 2. The second kappa shape index (κ2) is 5.40. The first-order valence-corrected chi connectivity index (χ1v) is 7.39. The lowest BCUT2D eigenvalue weighted by Crippen LogP contribution is -2.51. The number of hydrogen-bond acceptors (Lipinski definition) is 4. The average Bonchev–Trinajstić information content (AvgIpc) is 2.48. The zero-order chi connectivity index (χ0) is 14.0. The topological polar surface area (TPSA) is 58.4 Å². The second-order valence-electron chi connectivity index (χ2n) is 6.08. The van der Waals surface area contributed by atoms with Crippen LogP contribution in [0.15, 0.2) is 24.3 Å². The summed E-state index contributed by atoms with van der Waals surface area (Å²) in [6.45, 7) is 4.22. The number of nitro groups is 1. The summed E-state index contributed by atoms with van der Waals surface area (Å²) in [5.41, 5.74) is 1.54. The zero-order valence-corrected chi connectivity index (χ0v) is 11.7. The Labute approximate surface area is 119 Å². The molecule has 5 heteroatoms. The molecule has 2 fully saturated rings. The summed E-state index contributed by atoms with van der Waals surface area (Å²) in [6.07, 6.45) is 4.95. The molecule has 108 valence electrons. The van der Waals surface area contributed by atoms with E-state index in [0.29, 0.717) is 5.41 Å². The third kappa shape index (κ3) is 2.63. The van der Waals surface area contributed by atoms with Gasteiger partial charge in [-0.2, -0.15) is 0 Å². The van der Waals surface area contributed by atoms with E-state index in [2.05, 4.69) is 10.2 Å². The number of nitrogens with one attached hydrogen (secondary N) is 1. The van der Waals surface area contributed by atoms with E-state index in [1.165, 1.54) is 25.7 Å². The monoisotopic (exact) mass is 275 g/mol. The molecule has 1 aromatic carbocycles. The third-order valence-electron chi connectivity index (χ3n) is 4.63. The maximum atomic E-state index is 10.9. The van der Waals surface area contributed by atoms with Crippen LogP contribution in [0.25, 0.3) is 0 Å². The Morgan fingerprint density at radius 3 is 2.90 bits per heavy atom. The summed E-state index contributed by atoms with van der Waals surface area (Å²) in [7, 11) is 0. The largest absolute Gasteiger partial charge is 0.371 e. The summed E-state index contributed by atoms with van der Waals surface area (Å²) in [5, 5.41) is 14.4. The maximum Gasteiger partial charge on any atom is 0.271 e. The van der Waals surface area contributed by atoms with Gasteiger partial charge in [0.1, 0.15) is 0 Å². The van der Waals surface area contributed by atoms with Gasteiger partial charge in [-0.1, -0.05) is 6.07 Å². The number of non-ortho nitro benzene ring substituents is 1. The van der Waals surface area contributed by atoms with Crippen molar-refractivity contribution >= 4 is 11.4 Å². The molecule has 0 aliphatic carbocycles. The molecule has 2 heterocycles. The van der Waals surface area contributed by atoms with Gasteiger partial charge in [0.15, 0.2) is 0 Å². The van der Waals surface area contributed by atoms with Gasteiger partial charge >= 0.3 is 0 Å². The fourth-order valence-electron chi connectivity index (χ4n) is 3.61. The van der Waals surface area contributed by atoms with Crippen molar-refractivity contribution in [3.8, 4) is 0 Å². The van der Waals surface area contributed by atoms with Gasteiger partial charge < -0.3 is 10.2 Å². The second-order valence-corrected chi connectivity index (χ2v) is 6.08. The van der Waals surface area contributed by atoms with Crippen molar-refractivity contribution < 1.29 is 4.92 Å². The van der Waals surface area contributed by atoms with Crippen LogP contribution in [-0.2, 0) is 0 Å². The number of nitro benzene ring substituents is 1. The van der Waals surface area contributed by atoms with Crippen molar-refractivity contribution in [2.24, 2.45) is 5.41 Å². The number of hydrogen-bond donors (Lipinski definition) is 1. The average molecular weight is 275 g/mol.